The Bertz CT molecular complexity index is 649. The minimum Gasteiger partial charge on any atom is -0.207 e. The summed E-state index contributed by atoms with van der Waals surface area (Å²) in [5, 5.41) is 8.83. The highest BCUT2D eigenvalue weighted by Crippen LogP contribution is 2.31. The largest absolute Gasteiger partial charge is 0.243 e. The molecule has 0 aliphatic heterocycles. The second-order valence-corrected chi connectivity index (χ2v) is 6.52. The summed E-state index contributed by atoms with van der Waals surface area (Å²) in [6.07, 6.45) is 7.35. The van der Waals surface area contributed by atoms with Crippen LogP contribution in [0.5, 0.6) is 0 Å². The summed E-state index contributed by atoms with van der Waals surface area (Å²) in [4.78, 5) is 0.127. The zero-order valence-corrected chi connectivity index (χ0v) is 11.2. The van der Waals surface area contributed by atoms with Crippen molar-refractivity contribution in [3.8, 4) is 18.4 Å². The van der Waals surface area contributed by atoms with Gasteiger partial charge in [0, 0.05) is 6.54 Å². The number of nitriles is 1. The quantitative estimate of drug-likeness (QED) is 0.766. The van der Waals surface area contributed by atoms with Crippen LogP contribution in [0.2, 0.25) is 0 Å². The van der Waals surface area contributed by atoms with Gasteiger partial charge in [0.2, 0.25) is 10.0 Å². The molecule has 0 N–H and O–H groups in total. The summed E-state index contributed by atoms with van der Waals surface area (Å²) >= 11 is 0. The van der Waals surface area contributed by atoms with Crippen LogP contribution in [0, 0.1) is 29.6 Å². The molecule has 0 atom stereocenters. The third-order valence-corrected chi connectivity index (χ3v) is 4.83. The van der Waals surface area contributed by atoms with Gasteiger partial charge in [-0.05, 0) is 37.0 Å². The van der Waals surface area contributed by atoms with E-state index in [0.717, 1.165) is 12.8 Å². The zero-order chi connectivity index (χ0) is 13.9. The predicted molar refractivity (Wildman–Crippen MR) is 71.5 cm³/mol. The number of terminal acetylenes is 1. The van der Waals surface area contributed by atoms with Gasteiger partial charge in [-0.25, -0.2) is 8.42 Å². The summed E-state index contributed by atoms with van der Waals surface area (Å²) in [7, 11) is -3.61. The number of hydrogen-bond donors (Lipinski definition) is 0. The van der Waals surface area contributed by atoms with Crippen LogP contribution >= 0.6 is 0 Å². The molecule has 1 aromatic carbocycles. The highest BCUT2D eigenvalue weighted by molar-refractivity contribution is 7.89. The molecule has 5 heteroatoms. The van der Waals surface area contributed by atoms with Crippen LogP contribution in [0.3, 0.4) is 0 Å². The van der Waals surface area contributed by atoms with Crippen molar-refractivity contribution in [2.75, 3.05) is 13.1 Å². The van der Waals surface area contributed by atoms with Crippen LogP contribution in [-0.2, 0) is 10.0 Å². The molecule has 98 valence electrons. The molecule has 1 aromatic rings. The standard InChI is InChI=1S/C14H14N2O2S/c1-2-8-16(11-12-6-7-12)19(17,18)14-5-3-4-13(9-14)10-15/h1,3-5,9,12H,6-8,11H2. The number of rotatable bonds is 5. The average Bonchev–Trinajstić information content (AvgIpc) is 3.22. The van der Waals surface area contributed by atoms with Gasteiger partial charge >= 0.3 is 0 Å². The average molecular weight is 274 g/mol. The second kappa shape index (κ2) is 5.44. The fourth-order valence-corrected chi connectivity index (χ4v) is 3.29. The maximum Gasteiger partial charge on any atom is 0.243 e. The molecule has 1 fully saturated rings. The molecule has 0 spiro atoms. The van der Waals surface area contributed by atoms with E-state index in [1.54, 1.807) is 12.1 Å². The van der Waals surface area contributed by atoms with Gasteiger partial charge in [-0.2, -0.15) is 9.57 Å². The van der Waals surface area contributed by atoms with Crippen molar-refractivity contribution in [2.24, 2.45) is 5.92 Å². The molecule has 0 bridgehead atoms. The van der Waals surface area contributed by atoms with E-state index >= 15 is 0 Å². The van der Waals surface area contributed by atoms with Crippen LogP contribution in [0.15, 0.2) is 29.2 Å². The van der Waals surface area contributed by atoms with Gasteiger partial charge in [0.05, 0.1) is 23.1 Å². The SMILES string of the molecule is C#CCN(CC1CC1)S(=O)(=O)c1cccc(C#N)c1. The van der Waals surface area contributed by atoms with Crippen molar-refractivity contribution in [3.05, 3.63) is 29.8 Å². The van der Waals surface area contributed by atoms with Gasteiger partial charge in [-0.15, -0.1) is 6.42 Å². The van der Waals surface area contributed by atoms with Crippen molar-refractivity contribution in [3.63, 3.8) is 0 Å². The van der Waals surface area contributed by atoms with Crippen molar-refractivity contribution in [2.45, 2.75) is 17.7 Å². The molecule has 19 heavy (non-hydrogen) atoms. The fourth-order valence-electron chi connectivity index (χ4n) is 1.81. The lowest BCUT2D eigenvalue weighted by atomic mass is 10.2. The molecule has 0 aromatic heterocycles. The molecular formula is C14H14N2O2S. The summed E-state index contributed by atoms with van der Waals surface area (Å²) < 4.78 is 26.3. The van der Waals surface area contributed by atoms with Crippen LogP contribution in [-0.4, -0.2) is 25.8 Å². The number of sulfonamides is 1. The molecule has 0 saturated heterocycles. The van der Waals surface area contributed by atoms with Crippen LogP contribution in [0.1, 0.15) is 18.4 Å². The fraction of sp³-hybridized carbons (Fsp3) is 0.357. The summed E-state index contributed by atoms with van der Waals surface area (Å²) in [6.45, 7) is 0.527. The van der Waals surface area contributed by atoms with E-state index in [4.69, 9.17) is 11.7 Å². The van der Waals surface area contributed by atoms with E-state index < -0.39 is 10.0 Å². The Morgan fingerprint density at radius 3 is 2.74 bits per heavy atom. The second-order valence-electron chi connectivity index (χ2n) is 4.58. The van der Waals surface area contributed by atoms with E-state index in [-0.39, 0.29) is 11.4 Å². The molecule has 0 radical (unpaired) electrons. The van der Waals surface area contributed by atoms with Crippen molar-refractivity contribution < 1.29 is 8.42 Å². The molecule has 1 aliphatic carbocycles. The van der Waals surface area contributed by atoms with Crippen LogP contribution in [0.4, 0.5) is 0 Å². The molecule has 4 nitrogen and oxygen atoms in total. The molecule has 1 saturated carbocycles. The first-order valence-electron chi connectivity index (χ1n) is 6.01. The van der Waals surface area contributed by atoms with Crippen LogP contribution < -0.4 is 0 Å². The Labute approximate surface area is 113 Å². The van der Waals surface area contributed by atoms with Crippen molar-refractivity contribution >= 4 is 10.0 Å². The van der Waals surface area contributed by atoms with Gasteiger partial charge in [0.25, 0.3) is 0 Å². The highest BCUT2D eigenvalue weighted by Gasteiger charge is 2.31. The van der Waals surface area contributed by atoms with Gasteiger partial charge in [-0.1, -0.05) is 12.0 Å². The first-order chi connectivity index (χ1) is 9.07. The van der Waals surface area contributed by atoms with Gasteiger partial charge in [0.1, 0.15) is 0 Å². The van der Waals surface area contributed by atoms with E-state index in [0.29, 0.717) is 18.0 Å². The number of hydrogen-bond acceptors (Lipinski definition) is 3. The predicted octanol–water partition coefficient (Wildman–Crippen LogP) is 1.59. The summed E-state index contributed by atoms with van der Waals surface area (Å²) in [5.74, 6) is 2.81. The summed E-state index contributed by atoms with van der Waals surface area (Å²) in [6, 6.07) is 7.95. The Morgan fingerprint density at radius 1 is 1.42 bits per heavy atom. The first-order valence-corrected chi connectivity index (χ1v) is 7.45. The number of benzene rings is 1. The van der Waals surface area contributed by atoms with Gasteiger partial charge in [0.15, 0.2) is 0 Å². The lowest BCUT2D eigenvalue weighted by Crippen LogP contribution is -2.33. The molecule has 1 aliphatic rings. The van der Waals surface area contributed by atoms with Gasteiger partial charge < -0.3 is 0 Å². The Morgan fingerprint density at radius 2 is 2.16 bits per heavy atom. The lowest BCUT2D eigenvalue weighted by Gasteiger charge is -2.19. The van der Waals surface area contributed by atoms with Crippen molar-refractivity contribution in [1.82, 2.24) is 4.31 Å². The zero-order valence-electron chi connectivity index (χ0n) is 10.4. The molecule has 0 amide bonds. The maximum absolute atomic E-state index is 12.5. The van der Waals surface area contributed by atoms with E-state index in [9.17, 15) is 8.42 Å². The molecule has 0 unspecified atom stereocenters. The van der Waals surface area contributed by atoms with E-state index in [2.05, 4.69) is 5.92 Å². The molecule has 2 rings (SSSR count). The van der Waals surface area contributed by atoms with E-state index in [1.807, 2.05) is 6.07 Å². The van der Waals surface area contributed by atoms with Crippen LogP contribution in [0.25, 0.3) is 0 Å². The van der Waals surface area contributed by atoms with Gasteiger partial charge in [-0.3, -0.25) is 0 Å². The van der Waals surface area contributed by atoms with E-state index in [1.165, 1.54) is 16.4 Å². The lowest BCUT2D eigenvalue weighted by molar-refractivity contribution is 0.430. The smallest absolute Gasteiger partial charge is 0.207 e. The minimum absolute atomic E-state index is 0.0651. The van der Waals surface area contributed by atoms with Crippen molar-refractivity contribution in [1.29, 1.82) is 5.26 Å². The molecule has 0 heterocycles. The first kappa shape index (κ1) is 13.6. The monoisotopic (exact) mass is 274 g/mol. The normalized spacial score (nSPS) is 14.9. The summed E-state index contributed by atoms with van der Waals surface area (Å²) in [5.41, 5.74) is 0.327. The maximum atomic E-state index is 12.5. The highest BCUT2D eigenvalue weighted by atomic mass is 32.2. The topological polar surface area (TPSA) is 61.2 Å². The Balaban J connectivity index is 2.32. The Kier molecular flexibility index (Phi) is 3.90. The Hall–Kier alpha value is -1.82. The number of nitrogens with zero attached hydrogens (tertiary/aromatic N) is 2. The third kappa shape index (κ3) is 3.14. The molecular weight excluding hydrogens is 260 g/mol. The third-order valence-electron chi connectivity index (χ3n) is 3.03. The minimum atomic E-state index is -3.61.